The van der Waals surface area contributed by atoms with Crippen molar-refractivity contribution >= 4 is 0 Å². The van der Waals surface area contributed by atoms with Gasteiger partial charge in [-0.3, -0.25) is 4.98 Å². The Balaban J connectivity index is 2.05. The van der Waals surface area contributed by atoms with Crippen LogP contribution in [0.25, 0.3) is 0 Å². The number of hydrogen-bond acceptors (Lipinski definition) is 2. The highest BCUT2D eigenvalue weighted by Gasteiger charge is 2.34. The molecule has 0 spiro atoms. The fraction of sp³-hybridized carbons (Fsp3) is 0.667. The van der Waals surface area contributed by atoms with Crippen LogP contribution >= 0.6 is 0 Å². The molecule has 2 rings (SSSR count). The second-order valence-corrected chi connectivity index (χ2v) is 5.62. The molecule has 1 aliphatic rings. The minimum atomic E-state index is 0.461. The van der Waals surface area contributed by atoms with E-state index in [0.29, 0.717) is 11.5 Å². The minimum Gasteiger partial charge on any atom is -0.316 e. The molecule has 17 heavy (non-hydrogen) atoms. The summed E-state index contributed by atoms with van der Waals surface area (Å²) in [6.45, 7) is 2.45. The van der Waals surface area contributed by atoms with Crippen LogP contribution in [0.4, 0.5) is 0 Å². The summed E-state index contributed by atoms with van der Waals surface area (Å²) in [5.74, 6) is 0. The van der Waals surface area contributed by atoms with Gasteiger partial charge in [0.15, 0.2) is 0 Å². The molecule has 1 aromatic heterocycles. The number of nitrogens with zero attached hydrogens (tertiary/aromatic N) is 1. The maximum absolute atomic E-state index is 4.21. The molecule has 1 unspecified atom stereocenters. The van der Waals surface area contributed by atoms with Crippen molar-refractivity contribution in [3.63, 3.8) is 0 Å². The first-order valence-electron chi connectivity index (χ1n) is 6.81. The Morgan fingerprint density at radius 1 is 1.35 bits per heavy atom. The maximum Gasteiger partial charge on any atom is 0.0300 e. The van der Waals surface area contributed by atoms with Crippen molar-refractivity contribution in [1.82, 2.24) is 10.3 Å². The average molecular weight is 232 g/mol. The van der Waals surface area contributed by atoms with Gasteiger partial charge in [-0.2, -0.15) is 0 Å². The minimum absolute atomic E-state index is 0.461. The molecule has 0 aliphatic heterocycles. The highest BCUT2D eigenvalue weighted by atomic mass is 14.9. The molecule has 1 aromatic rings. The van der Waals surface area contributed by atoms with E-state index < -0.39 is 0 Å². The van der Waals surface area contributed by atoms with Gasteiger partial charge in [-0.15, -0.1) is 0 Å². The Labute approximate surface area is 105 Å². The predicted molar refractivity (Wildman–Crippen MR) is 72.0 cm³/mol. The molecule has 94 valence electrons. The molecule has 1 saturated carbocycles. The highest BCUT2D eigenvalue weighted by Crippen LogP contribution is 2.39. The molecule has 0 amide bonds. The van der Waals surface area contributed by atoms with Crippen LogP contribution in [0.1, 0.15) is 44.6 Å². The maximum atomic E-state index is 4.21. The van der Waals surface area contributed by atoms with Gasteiger partial charge in [0.05, 0.1) is 0 Å². The van der Waals surface area contributed by atoms with Crippen LogP contribution in [0.5, 0.6) is 0 Å². The molecule has 1 heterocycles. The molecule has 0 radical (unpaired) electrons. The number of likely N-dealkylation sites (N-methyl/N-ethyl adjacent to an activating group) is 1. The lowest BCUT2D eigenvalue weighted by Crippen LogP contribution is -2.44. The van der Waals surface area contributed by atoms with E-state index >= 15 is 0 Å². The van der Waals surface area contributed by atoms with E-state index in [0.717, 1.165) is 6.42 Å². The summed E-state index contributed by atoms with van der Waals surface area (Å²) >= 11 is 0. The van der Waals surface area contributed by atoms with Gasteiger partial charge in [0.2, 0.25) is 0 Å². The zero-order chi connectivity index (χ0) is 12.1. The molecule has 0 saturated heterocycles. The first-order valence-corrected chi connectivity index (χ1v) is 6.81. The fourth-order valence-electron chi connectivity index (χ4n) is 3.16. The van der Waals surface area contributed by atoms with E-state index in [-0.39, 0.29) is 0 Å². The Hall–Kier alpha value is -0.890. The lowest BCUT2D eigenvalue weighted by Gasteiger charge is -2.41. The van der Waals surface area contributed by atoms with Gasteiger partial charge in [0.1, 0.15) is 0 Å². The summed E-state index contributed by atoms with van der Waals surface area (Å²) in [7, 11) is 2.10. The number of aromatic nitrogens is 1. The largest absolute Gasteiger partial charge is 0.316 e. The normalized spacial score (nSPS) is 21.1. The van der Waals surface area contributed by atoms with Crippen molar-refractivity contribution in [3.8, 4) is 0 Å². The quantitative estimate of drug-likeness (QED) is 0.862. The van der Waals surface area contributed by atoms with Crippen LogP contribution in [0.3, 0.4) is 0 Å². The summed E-state index contributed by atoms with van der Waals surface area (Å²) < 4.78 is 0. The Bertz CT molecular complexity index is 328. The van der Waals surface area contributed by atoms with Crippen LogP contribution in [0.15, 0.2) is 24.5 Å². The van der Waals surface area contributed by atoms with Crippen molar-refractivity contribution in [3.05, 3.63) is 30.1 Å². The molecule has 0 aromatic carbocycles. The first-order chi connectivity index (χ1) is 8.24. The standard InChI is InChI=1S/C15H24N2/c1-15(8-4-3-5-9-15)14(16-2)11-13-7-6-10-17-12-13/h6-7,10,12,14,16H,3-5,8-9,11H2,1-2H3. The molecule has 2 nitrogen and oxygen atoms in total. The van der Waals surface area contributed by atoms with Crippen molar-refractivity contribution < 1.29 is 0 Å². The van der Waals surface area contributed by atoms with Crippen LogP contribution in [-0.2, 0) is 6.42 Å². The summed E-state index contributed by atoms with van der Waals surface area (Å²) in [5, 5.41) is 3.53. The third kappa shape index (κ3) is 3.06. The molecule has 2 heteroatoms. The van der Waals surface area contributed by atoms with Crippen molar-refractivity contribution in [2.75, 3.05) is 7.05 Å². The average Bonchev–Trinajstić information content (AvgIpc) is 2.38. The number of rotatable bonds is 4. The van der Waals surface area contributed by atoms with Crippen molar-refractivity contribution in [2.24, 2.45) is 5.41 Å². The molecule has 1 N–H and O–H groups in total. The van der Waals surface area contributed by atoms with Gasteiger partial charge in [-0.1, -0.05) is 32.3 Å². The monoisotopic (exact) mass is 232 g/mol. The summed E-state index contributed by atoms with van der Waals surface area (Å²) in [6.07, 6.45) is 11.9. The van der Waals surface area contributed by atoms with E-state index in [1.807, 2.05) is 18.5 Å². The zero-order valence-corrected chi connectivity index (χ0v) is 11.1. The van der Waals surface area contributed by atoms with E-state index in [1.54, 1.807) is 0 Å². The highest BCUT2D eigenvalue weighted by molar-refractivity contribution is 5.11. The van der Waals surface area contributed by atoms with Gasteiger partial charge in [-0.05, 0) is 43.4 Å². The first kappa shape index (κ1) is 12.6. The number of hydrogen-bond donors (Lipinski definition) is 1. The van der Waals surface area contributed by atoms with Gasteiger partial charge in [-0.25, -0.2) is 0 Å². The summed E-state index contributed by atoms with van der Waals surface area (Å²) in [5.41, 5.74) is 1.81. The van der Waals surface area contributed by atoms with Crippen LogP contribution in [0.2, 0.25) is 0 Å². The smallest absolute Gasteiger partial charge is 0.0300 e. The Kier molecular flexibility index (Phi) is 4.16. The second-order valence-electron chi connectivity index (χ2n) is 5.62. The molecular weight excluding hydrogens is 208 g/mol. The van der Waals surface area contributed by atoms with Gasteiger partial charge in [0.25, 0.3) is 0 Å². The molecule has 0 bridgehead atoms. The second kappa shape index (κ2) is 5.63. The lowest BCUT2D eigenvalue weighted by atomic mass is 9.69. The summed E-state index contributed by atoms with van der Waals surface area (Å²) in [6, 6.07) is 4.79. The summed E-state index contributed by atoms with van der Waals surface area (Å²) in [4.78, 5) is 4.21. The Morgan fingerprint density at radius 2 is 2.12 bits per heavy atom. The topological polar surface area (TPSA) is 24.9 Å². The third-order valence-electron chi connectivity index (χ3n) is 4.35. The van der Waals surface area contributed by atoms with E-state index in [2.05, 4.69) is 30.3 Å². The van der Waals surface area contributed by atoms with E-state index in [1.165, 1.54) is 37.7 Å². The molecular formula is C15H24N2. The predicted octanol–water partition coefficient (Wildman–Crippen LogP) is 3.18. The molecule has 1 aliphatic carbocycles. The van der Waals surface area contributed by atoms with Crippen molar-refractivity contribution in [2.45, 2.75) is 51.5 Å². The van der Waals surface area contributed by atoms with Gasteiger partial charge >= 0.3 is 0 Å². The van der Waals surface area contributed by atoms with Crippen LogP contribution < -0.4 is 5.32 Å². The van der Waals surface area contributed by atoms with E-state index in [4.69, 9.17) is 0 Å². The number of nitrogens with one attached hydrogen (secondary N) is 1. The third-order valence-corrected chi connectivity index (χ3v) is 4.35. The fourth-order valence-corrected chi connectivity index (χ4v) is 3.16. The lowest BCUT2D eigenvalue weighted by molar-refractivity contribution is 0.149. The van der Waals surface area contributed by atoms with Crippen LogP contribution in [0, 0.1) is 5.41 Å². The number of pyridine rings is 1. The molecule has 1 atom stereocenters. The van der Waals surface area contributed by atoms with Crippen molar-refractivity contribution in [1.29, 1.82) is 0 Å². The molecule has 1 fully saturated rings. The van der Waals surface area contributed by atoms with E-state index in [9.17, 15) is 0 Å². The van der Waals surface area contributed by atoms with Gasteiger partial charge < -0.3 is 5.32 Å². The Morgan fingerprint density at radius 3 is 2.71 bits per heavy atom. The zero-order valence-electron chi connectivity index (χ0n) is 11.1. The van der Waals surface area contributed by atoms with Crippen LogP contribution in [-0.4, -0.2) is 18.1 Å². The van der Waals surface area contributed by atoms with Gasteiger partial charge in [0, 0.05) is 18.4 Å². The SMILES string of the molecule is CNC(Cc1cccnc1)C1(C)CCCCC1.